The van der Waals surface area contributed by atoms with Gasteiger partial charge in [-0.1, -0.05) is 164 Å². The lowest BCUT2D eigenvalue weighted by molar-refractivity contribution is -0.134. The average Bonchev–Trinajstić information content (AvgIpc) is 3.18. The highest BCUT2D eigenvalue weighted by molar-refractivity contribution is 6.27. The SMILES string of the molecule is CCCCCCCc1ccc2c(OC(=O)CC)c3ccccc3c(-c3c4ccccc4c(OC(=O)CC)c4ccc(CCCCCCC)cc34)c2c1. The molecule has 6 aromatic carbocycles. The van der Waals surface area contributed by atoms with Gasteiger partial charge < -0.3 is 9.47 Å². The van der Waals surface area contributed by atoms with Gasteiger partial charge in [0, 0.05) is 34.4 Å². The van der Waals surface area contributed by atoms with E-state index in [4.69, 9.17) is 9.47 Å². The van der Waals surface area contributed by atoms with Crippen LogP contribution in [-0.4, -0.2) is 11.9 Å². The molecule has 6 aromatic rings. The Kier molecular flexibility index (Phi) is 12.6. The normalized spacial score (nSPS) is 11.5. The van der Waals surface area contributed by atoms with E-state index >= 15 is 0 Å². The van der Waals surface area contributed by atoms with E-state index in [1.807, 2.05) is 26.0 Å². The number of fused-ring (bicyclic) bond motifs is 4. The lowest BCUT2D eigenvalue weighted by Crippen LogP contribution is -2.08. The van der Waals surface area contributed by atoms with E-state index in [0.29, 0.717) is 24.3 Å². The van der Waals surface area contributed by atoms with E-state index in [-0.39, 0.29) is 11.9 Å². The molecule has 270 valence electrons. The van der Waals surface area contributed by atoms with Gasteiger partial charge in [0.1, 0.15) is 11.5 Å². The molecule has 0 bridgehead atoms. The molecule has 4 heteroatoms. The smallest absolute Gasteiger partial charge is 0.310 e. The van der Waals surface area contributed by atoms with Gasteiger partial charge in [0.2, 0.25) is 0 Å². The number of rotatable bonds is 17. The number of unbranched alkanes of at least 4 members (excludes halogenated alkanes) is 8. The van der Waals surface area contributed by atoms with Crippen LogP contribution in [0.2, 0.25) is 0 Å². The molecule has 0 aliphatic rings. The van der Waals surface area contributed by atoms with E-state index in [0.717, 1.165) is 79.9 Å². The summed E-state index contributed by atoms with van der Waals surface area (Å²) in [5.74, 6) is 0.734. The number of carbonyl (C=O) groups excluding carboxylic acids is 2. The topological polar surface area (TPSA) is 52.6 Å². The Morgan fingerprint density at radius 3 is 1.17 bits per heavy atom. The zero-order valence-electron chi connectivity index (χ0n) is 31.6. The highest BCUT2D eigenvalue weighted by Gasteiger charge is 2.24. The second kappa shape index (κ2) is 17.7. The van der Waals surface area contributed by atoms with Gasteiger partial charge in [-0.2, -0.15) is 0 Å². The van der Waals surface area contributed by atoms with E-state index in [1.165, 1.54) is 62.5 Å². The van der Waals surface area contributed by atoms with Crippen LogP contribution >= 0.6 is 0 Å². The molecule has 0 aliphatic carbocycles. The first-order valence-corrected chi connectivity index (χ1v) is 19.8. The molecule has 0 amide bonds. The summed E-state index contributed by atoms with van der Waals surface area (Å²) < 4.78 is 12.4. The van der Waals surface area contributed by atoms with Crippen LogP contribution in [0.5, 0.6) is 11.5 Å². The zero-order valence-corrected chi connectivity index (χ0v) is 31.6. The van der Waals surface area contributed by atoms with E-state index in [9.17, 15) is 9.59 Å². The van der Waals surface area contributed by atoms with E-state index in [1.54, 1.807) is 0 Å². The summed E-state index contributed by atoms with van der Waals surface area (Å²) in [5.41, 5.74) is 4.79. The Morgan fingerprint density at radius 2 is 0.788 bits per heavy atom. The third-order valence-electron chi connectivity index (χ3n) is 10.5. The predicted molar refractivity (Wildman–Crippen MR) is 219 cm³/mol. The van der Waals surface area contributed by atoms with Gasteiger partial charge in [-0.05, 0) is 69.5 Å². The van der Waals surface area contributed by atoms with Crippen molar-refractivity contribution in [2.24, 2.45) is 0 Å². The number of benzene rings is 6. The van der Waals surface area contributed by atoms with Crippen LogP contribution in [0.4, 0.5) is 0 Å². The molecule has 0 aliphatic heterocycles. The molecule has 0 N–H and O–H groups in total. The minimum absolute atomic E-state index is 0.249. The molecular weight excluding hydrogens is 641 g/mol. The van der Waals surface area contributed by atoms with Gasteiger partial charge in [-0.15, -0.1) is 0 Å². The summed E-state index contributed by atoms with van der Waals surface area (Å²) in [5, 5.41) is 7.87. The Morgan fingerprint density at radius 1 is 0.423 bits per heavy atom. The maximum atomic E-state index is 12.9. The number of ether oxygens (including phenoxy) is 2. The highest BCUT2D eigenvalue weighted by Crippen LogP contribution is 2.50. The number of aryl methyl sites for hydroxylation is 2. The van der Waals surface area contributed by atoms with Crippen molar-refractivity contribution < 1.29 is 19.1 Å². The molecule has 6 rings (SSSR count). The molecule has 0 unspecified atom stereocenters. The first-order valence-electron chi connectivity index (χ1n) is 19.8. The maximum Gasteiger partial charge on any atom is 0.310 e. The number of hydrogen-bond donors (Lipinski definition) is 0. The number of carbonyl (C=O) groups is 2. The molecule has 52 heavy (non-hydrogen) atoms. The fourth-order valence-corrected chi connectivity index (χ4v) is 7.68. The summed E-state index contributed by atoms with van der Waals surface area (Å²) in [4.78, 5) is 25.9. The van der Waals surface area contributed by atoms with Crippen molar-refractivity contribution in [1.82, 2.24) is 0 Å². The molecule has 0 atom stereocenters. The van der Waals surface area contributed by atoms with Crippen LogP contribution in [0.3, 0.4) is 0 Å². The van der Waals surface area contributed by atoms with Crippen LogP contribution in [0.1, 0.15) is 116 Å². The summed E-state index contributed by atoms with van der Waals surface area (Å²) in [6, 6.07) is 30.1. The molecule has 0 heterocycles. The second-order valence-corrected chi connectivity index (χ2v) is 14.2. The average molecular weight is 695 g/mol. The van der Waals surface area contributed by atoms with Crippen molar-refractivity contribution in [3.05, 3.63) is 96.1 Å². The van der Waals surface area contributed by atoms with Crippen LogP contribution in [-0.2, 0) is 22.4 Å². The quantitative estimate of drug-likeness (QED) is 0.0413. The van der Waals surface area contributed by atoms with Crippen molar-refractivity contribution >= 4 is 55.0 Å². The summed E-state index contributed by atoms with van der Waals surface area (Å²) >= 11 is 0. The standard InChI is InChI=1S/C48H54O4/c1-5-9-11-13-15-21-33-27-29-39-41(31-33)45(35-23-17-19-25-37(35)47(39)51-43(49)7-3)46-36-24-18-20-26-38(36)48(52-44(50)8-4)40-30-28-34(32-42(40)46)22-16-14-12-10-6-2/h17-20,23-32H,5-16,21-22H2,1-4H3. The number of hydrogen-bond acceptors (Lipinski definition) is 4. The lowest BCUT2D eigenvalue weighted by atomic mass is 9.84. The van der Waals surface area contributed by atoms with Crippen molar-refractivity contribution in [3.8, 4) is 22.6 Å². The molecule has 0 radical (unpaired) electrons. The Bertz CT molecular complexity index is 2040. The van der Waals surface area contributed by atoms with Gasteiger partial charge in [-0.25, -0.2) is 0 Å². The van der Waals surface area contributed by atoms with Crippen LogP contribution in [0.15, 0.2) is 84.9 Å². The Balaban J connectivity index is 1.68. The molecule has 0 saturated heterocycles. The third-order valence-corrected chi connectivity index (χ3v) is 10.5. The highest BCUT2D eigenvalue weighted by atomic mass is 16.5. The molecule has 4 nitrogen and oxygen atoms in total. The van der Waals surface area contributed by atoms with Crippen molar-refractivity contribution in [2.45, 2.75) is 118 Å². The largest absolute Gasteiger partial charge is 0.425 e. The van der Waals surface area contributed by atoms with Gasteiger partial charge in [0.25, 0.3) is 0 Å². The number of esters is 2. The summed E-state index contributed by atoms with van der Waals surface area (Å²) in [6.07, 6.45) is 14.8. The van der Waals surface area contributed by atoms with Gasteiger partial charge in [-0.3, -0.25) is 9.59 Å². The van der Waals surface area contributed by atoms with Crippen molar-refractivity contribution in [3.63, 3.8) is 0 Å². The fraction of sp³-hybridized carbons (Fsp3) is 0.375. The fourth-order valence-electron chi connectivity index (χ4n) is 7.68. The monoisotopic (exact) mass is 694 g/mol. The Labute approximate surface area is 309 Å². The van der Waals surface area contributed by atoms with E-state index in [2.05, 4.69) is 86.6 Å². The molecule has 0 spiro atoms. The molecular formula is C48H54O4. The molecule has 0 aromatic heterocycles. The second-order valence-electron chi connectivity index (χ2n) is 14.2. The first-order chi connectivity index (χ1) is 25.5. The summed E-state index contributed by atoms with van der Waals surface area (Å²) in [7, 11) is 0. The first kappa shape index (κ1) is 37.1. The van der Waals surface area contributed by atoms with Gasteiger partial charge in [0.15, 0.2) is 0 Å². The van der Waals surface area contributed by atoms with Crippen LogP contribution in [0.25, 0.3) is 54.2 Å². The van der Waals surface area contributed by atoms with E-state index < -0.39 is 0 Å². The Hall–Kier alpha value is -4.70. The third kappa shape index (κ3) is 8.02. The van der Waals surface area contributed by atoms with Crippen LogP contribution in [0, 0.1) is 0 Å². The minimum atomic E-state index is -0.249. The maximum absolute atomic E-state index is 12.9. The molecule has 0 fully saturated rings. The van der Waals surface area contributed by atoms with Crippen molar-refractivity contribution in [1.29, 1.82) is 0 Å². The minimum Gasteiger partial charge on any atom is -0.425 e. The zero-order chi connectivity index (χ0) is 36.5. The lowest BCUT2D eigenvalue weighted by Gasteiger charge is -2.22. The van der Waals surface area contributed by atoms with Gasteiger partial charge >= 0.3 is 11.9 Å². The van der Waals surface area contributed by atoms with Gasteiger partial charge in [0.05, 0.1) is 0 Å². The molecule has 0 saturated carbocycles. The van der Waals surface area contributed by atoms with Crippen LogP contribution < -0.4 is 9.47 Å². The van der Waals surface area contributed by atoms with Crippen molar-refractivity contribution in [2.75, 3.05) is 0 Å². The summed E-state index contributed by atoms with van der Waals surface area (Å²) in [6.45, 7) is 8.18. The predicted octanol–water partition coefficient (Wildman–Crippen LogP) is 13.6.